The molecule has 0 aliphatic heterocycles. The highest BCUT2D eigenvalue weighted by atomic mass is 79.9. The average Bonchev–Trinajstić information content (AvgIpc) is 2.85. The Balaban J connectivity index is 2.05. The van der Waals surface area contributed by atoms with Crippen LogP contribution in [0, 0.1) is 6.92 Å². The summed E-state index contributed by atoms with van der Waals surface area (Å²) in [5.74, 6) is 0.0463. The van der Waals surface area contributed by atoms with Crippen molar-refractivity contribution in [2.75, 3.05) is 14.1 Å². The average molecular weight is 331 g/mol. The van der Waals surface area contributed by atoms with Gasteiger partial charge in [0.2, 0.25) is 0 Å². The normalized spacial score (nSPS) is 23.6. The Morgan fingerprint density at radius 2 is 2.22 bits per heavy atom. The second-order valence-electron chi connectivity index (χ2n) is 5.09. The van der Waals surface area contributed by atoms with Crippen LogP contribution in [0.5, 0.6) is 0 Å². The predicted molar refractivity (Wildman–Crippen MR) is 79.3 cm³/mol. The minimum Gasteiger partial charge on any atom is -0.348 e. The molecule has 0 aromatic carbocycles. The molecule has 0 saturated heterocycles. The quantitative estimate of drug-likeness (QED) is 0.923. The fraction of sp³-hybridized carbons (Fsp3) is 0.615. The van der Waals surface area contributed by atoms with E-state index >= 15 is 0 Å². The van der Waals surface area contributed by atoms with Gasteiger partial charge < -0.3 is 10.2 Å². The minimum atomic E-state index is 0.0463. The number of carbonyl (C=O) groups excluding carboxylic acids is 1. The van der Waals surface area contributed by atoms with E-state index in [0.717, 1.165) is 20.6 Å². The largest absolute Gasteiger partial charge is 0.348 e. The number of nitrogens with zero attached hydrogens (tertiary/aromatic N) is 1. The van der Waals surface area contributed by atoms with Crippen molar-refractivity contribution in [2.45, 2.75) is 38.3 Å². The number of hydrogen-bond acceptors (Lipinski definition) is 3. The van der Waals surface area contributed by atoms with Gasteiger partial charge in [0, 0.05) is 17.0 Å². The van der Waals surface area contributed by atoms with Crippen LogP contribution in [0.2, 0.25) is 0 Å². The van der Waals surface area contributed by atoms with Gasteiger partial charge >= 0.3 is 0 Å². The van der Waals surface area contributed by atoms with Crippen LogP contribution >= 0.6 is 27.3 Å². The first-order valence-corrected chi connectivity index (χ1v) is 7.83. The van der Waals surface area contributed by atoms with E-state index in [1.165, 1.54) is 12.8 Å². The van der Waals surface area contributed by atoms with Gasteiger partial charge in [-0.3, -0.25) is 4.79 Å². The van der Waals surface area contributed by atoms with Crippen LogP contribution < -0.4 is 5.32 Å². The first-order valence-electron chi connectivity index (χ1n) is 6.22. The van der Waals surface area contributed by atoms with Crippen molar-refractivity contribution in [3.8, 4) is 0 Å². The molecule has 1 N–H and O–H groups in total. The first kappa shape index (κ1) is 14.0. The van der Waals surface area contributed by atoms with Crippen molar-refractivity contribution in [3.63, 3.8) is 0 Å². The molecule has 0 radical (unpaired) electrons. The second-order valence-corrected chi connectivity index (χ2v) is 7.66. The van der Waals surface area contributed by atoms with Gasteiger partial charge in [-0.1, -0.05) is 0 Å². The fourth-order valence-electron chi connectivity index (χ4n) is 2.61. The number of hydrogen-bond donors (Lipinski definition) is 1. The smallest absolute Gasteiger partial charge is 0.253 e. The number of thiophene rings is 1. The van der Waals surface area contributed by atoms with Crippen LogP contribution in [0.1, 0.15) is 34.5 Å². The summed E-state index contributed by atoms with van der Waals surface area (Å²) >= 11 is 5.07. The summed E-state index contributed by atoms with van der Waals surface area (Å²) in [7, 11) is 4.17. The highest BCUT2D eigenvalue weighted by Crippen LogP contribution is 2.28. The van der Waals surface area contributed by atoms with Gasteiger partial charge in [-0.25, -0.2) is 0 Å². The lowest BCUT2D eigenvalue weighted by atomic mass is 10.1. The van der Waals surface area contributed by atoms with Crippen molar-refractivity contribution < 1.29 is 4.79 Å². The molecule has 2 atom stereocenters. The van der Waals surface area contributed by atoms with Crippen LogP contribution in [0.4, 0.5) is 0 Å². The highest BCUT2D eigenvalue weighted by molar-refractivity contribution is 9.11. The predicted octanol–water partition coefficient (Wildman–Crippen LogP) is 3.03. The molecule has 0 spiro atoms. The molecule has 1 saturated carbocycles. The Hall–Kier alpha value is -0.390. The second kappa shape index (κ2) is 5.72. The maximum absolute atomic E-state index is 12.3. The monoisotopic (exact) mass is 330 g/mol. The Bertz CT molecular complexity index is 444. The third kappa shape index (κ3) is 2.95. The maximum atomic E-state index is 12.3. The summed E-state index contributed by atoms with van der Waals surface area (Å²) in [6.07, 6.45) is 3.44. The molecule has 1 heterocycles. The van der Waals surface area contributed by atoms with E-state index < -0.39 is 0 Å². The highest BCUT2D eigenvalue weighted by Gasteiger charge is 2.30. The molecule has 1 aliphatic rings. The zero-order valence-corrected chi connectivity index (χ0v) is 13.4. The molecule has 1 fully saturated rings. The third-order valence-electron chi connectivity index (χ3n) is 3.51. The summed E-state index contributed by atoms with van der Waals surface area (Å²) in [6.45, 7) is 2.02. The van der Waals surface area contributed by atoms with E-state index in [4.69, 9.17) is 0 Å². The van der Waals surface area contributed by atoms with Gasteiger partial charge in [0.25, 0.3) is 5.91 Å². The van der Waals surface area contributed by atoms with Crippen molar-refractivity contribution in [1.29, 1.82) is 0 Å². The molecule has 1 amide bonds. The van der Waals surface area contributed by atoms with Crippen LogP contribution in [0.3, 0.4) is 0 Å². The molecule has 100 valence electrons. The number of aryl methyl sites for hydroxylation is 1. The number of carbonyl (C=O) groups is 1. The van der Waals surface area contributed by atoms with E-state index in [1.54, 1.807) is 11.3 Å². The molecule has 0 bridgehead atoms. The molecule has 1 aliphatic carbocycles. The first-order chi connectivity index (χ1) is 8.49. The topological polar surface area (TPSA) is 32.3 Å². The zero-order valence-electron chi connectivity index (χ0n) is 11.0. The molecular formula is C13H19BrN2OS. The zero-order chi connectivity index (χ0) is 13.3. The number of amides is 1. The van der Waals surface area contributed by atoms with E-state index in [-0.39, 0.29) is 11.9 Å². The number of nitrogens with one attached hydrogen (secondary N) is 1. The molecule has 1 aromatic heterocycles. The summed E-state index contributed by atoms with van der Waals surface area (Å²) in [6, 6.07) is 2.69. The maximum Gasteiger partial charge on any atom is 0.253 e. The lowest BCUT2D eigenvalue weighted by molar-refractivity contribution is 0.0919. The van der Waals surface area contributed by atoms with Crippen molar-refractivity contribution in [2.24, 2.45) is 0 Å². The van der Waals surface area contributed by atoms with E-state index in [2.05, 4.69) is 40.2 Å². The summed E-state index contributed by atoms with van der Waals surface area (Å²) in [5, 5.41) is 3.18. The number of halogens is 1. The molecule has 0 unspecified atom stereocenters. The van der Waals surface area contributed by atoms with Crippen LogP contribution in [0.15, 0.2) is 9.85 Å². The molecular weight excluding hydrogens is 312 g/mol. The Morgan fingerprint density at radius 3 is 2.78 bits per heavy atom. The standard InChI is InChI=1S/C13H19BrN2OS/c1-8-7-9(12(14)18-8)13(17)15-10-5-4-6-11(10)16(2)3/h7,10-11H,4-6H2,1-3H3,(H,15,17)/t10-,11-/m1/s1. The van der Waals surface area contributed by atoms with Gasteiger partial charge in [-0.2, -0.15) is 0 Å². The van der Waals surface area contributed by atoms with Crippen molar-refractivity contribution in [1.82, 2.24) is 10.2 Å². The lowest BCUT2D eigenvalue weighted by Crippen LogP contribution is -2.46. The lowest BCUT2D eigenvalue weighted by Gasteiger charge is -2.26. The summed E-state index contributed by atoms with van der Waals surface area (Å²) in [4.78, 5) is 15.6. The Labute approximate surface area is 121 Å². The van der Waals surface area contributed by atoms with Crippen LogP contribution in [-0.2, 0) is 0 Å². The molecule has 2 rings (SSSR count). The minimum absolute atomic E-state index is 0.0463. The van der Waals surface area contributed by atoms with Gasteiger partial charge in [0.05, 0.1) is 9.35 Å². The summed E-state index contributed by atoms with van der Waals surface area (Å²) in [5.41, 5.74) is 0.766. The van der Waals surface area contributed by atoms with Gasteiger partial charge in [-0.05, 0) is 62.3 Å². The van der Waals surface area contributed by atoms with Gasteiger partial charge in [0.1, 0.15) is 0 Å². The third-order valence-corrected chi connectivity index (χ3v) is 5.27. The molecule has 18 heavy (non-hydrogen) atoms. The Kier molecular flexibility index (Phi) is 4.45. The Morgan fingerprint density at radius 1 is 1.50 bits per heavy atom. The number of rotatable bonds is 3. The van der Waals surface area contributed by atoms with Crippen LogP contribution in [-0.4, -0.2) is 37.0 Å². The molecule has 1 aromatic rings. The van der Waals surface area contributed by atoms with E-state index in [0.29, 0.717) is 6.04 Å². The van der Waals surface area contributed by atoms with Crippen molar-refractivity contribution >= 4 is 33.2 Å². The van der Waals surface area contributed by atoms with E-state index in [1.807, 2.05) is 13.0 Å². The molecule has 3 nitrogen and oxygen atoms in total. The van der Waals surface area contributed by atoms with Crippen molar-refractivity contribution in [3.05, 3.63) is 20.3 Å². The van der Waals surface area contributed by atoms with Gasteiger partial charge in [-0.15, -0.1) is 11.3 Å². The SMILES string of the molecule is Cc1cc(C(=O)N[C@@H]2CCC[C@H]2N(C)C)c(Br)s1. The fourth-order valence-corrected chi connectivity index (χ4v) is 4.40. The summed E-state index contributed by atoms with van der Waals surface area (Å²) < 4.78 is 0.928. The van der Waals surface area contributed by atoms with E-state index in [9.17, 15) is 4.79 Å². The number of likely N-dealkylation sites (N-methyl/N-ethyl adjacent to an activating group) is 1. The van der Waals surface area contributed by atoms with Gasteiger partial charge in [0.15, 0.2) is 0 Å². The van der Waals surface area contributed by atoms with Crippen LogP contribution in [0.25, 0.3) is 0 Å². The molecule has 5 heteroatoms.